The average molecular weight is 383 g/mol. The Kier molecular flexibility index (Phi) is 4.59. The van der Waals surface area contributed by atoms with E-state index in [0.29, 0.717) is 5.69 Å². The van der Waals surface area contributed by atoms with Gasteiger partial charge >= 0.3 is 12.0 Å². The van der Waals surface area contributed by atoms with Gasteiger partial charge in [-0.3, -0.25) is 9.35 Å². The van der Waals surface area contributed by atoms with Crippen molar-refractivity contribution in [3.63, 3.8) is 0 Å². The molecule has 3 rings (SSSR count). The molecule has 3 amide bonds. The van der Waals surface area contributed by atoms with Gasteiger partial charge in [0.05, 0.1) is 18.2 Å². The van der Waals surface area contributed by atoms with Gasteiger partial charge in [-0.25, -0.2) is 19.6 Å². The summed E-state index contributed by atoms with van der Waals surface area (Å²) in [5, 5.41) is 3.15. The fourth-order valence-corrected chi connectivity index (χ4v) is 4.10. The van der Waals surface area contributed by atoms with Crippen molar-refractivity contribution < 1.29 is 32.1 Å². The highest BCUT2D eigenvalue weighted by Crippen LogP contribution is 2.35. The maximum absolute atomic E-state index is 12.4. The SMILES string of the molecule is CCOC(=O)c1cccc(NC(=O)N2CC[C@@H]3C(S(=O)(=O)O)C(=O)N32)c1. The van der Waals surface area contributed by atoms with E-state index >= 15 is 0 Å². The average Bonchev–Trinajstić information content (AvgIpc) is 2.92. The van der Waals surface area contributed by atoms with Crippen LogP contribution in [0.4, 0.5) is 10.5 Å². The molecule has 1 unspecified atom stereocenters. The molecular weight excluding hydrogens is 366 g/mol. The molecule has 0 aromatic heterocycles. The summed E-state index contributed by atoms with van der Waals surface area (Å²) in [6, 6.07) is 4.70. The number of carbonyl (C=O) groups is 3. The fraction of sp³-hybridized carbons (Fsp3) is 0.400. The minimum Gasteiger partial charge on any atom is -0.462 e. The Labute approximate surface area is 149 Å². The quantitative estimate of drug-likeness (QED) is 0.439. The molecule has 0 saturated carbocycles. The first-order chi connectivity index (χ1) is 12.2. The second-order valence-corrected chi connectivity index (χ2v) is 7.37. The molecule has 0 radical (unpaired) electrons. The minimum atomic E-state index is -4.50. The number of benzene rings is 1. The highest BCUT2D eigenvalue weighted by atomic mass is 32.2. The van der Waals surface area contributed by atoms with Gasteiger partial charge in [-0.05, 0) is 31.5 Å². The van der Waals surface area contributed by atoms with Gasteiger partial charge in [-0.1, -0.05) is 6.07 Å². The van der Waals surface area contributed by atoms with Gasteiger partial charge in [0.25, 0.3) is 16.0 Å². The van der Waals surface area contributed by atoms with Crippen molar-refractivity contribution in [2.24, 2.45) is 0 Å². The lowest BCUT2D eigenvalue weighted by atomic mass is 10.0. The largest absolute Gasteiger partial charge is 0.462 e. The summed E-state index contributed by atoms with van der Waals surface area (Å²) >= 11 is 0. The molecule has 140 valence electrons. The van der Waals surface area contributed by atoms with E-state index in [-0.39, 0.29) is 25.1 Å². The minimum absolute atomic E-state index is 0.131. The van der Waals surface area contributed by atoms with E-state index < -0.39 is 39.3 Å². The second kappa shape index (κ2) is 6.57. The monoisotopic (exact) mass is 383 g/mol. The van der Waals surface area contributed by atoms with Crippen molar-refractivity contribution in [1.82, 2.24) is 10.0 Å². The number of nitrogens with one attached hydrogen (secondary N) is 1. The Bertz CT molecular complexity index is 870. The van der Waals surface area contributed by atoms with Gasteiger partial charge in [0, 0.05) is 12.2 Å². The van der Waals surface area contributed by atoms with Crippen molar-refractivity contribution >= 4 is 33.7 Å². The lowest BCUT2D eigenvalue weighted by Crippen LogP contribution is -2.68. The van der Waals surface area contributed by atoms with Crippen molar-refractivity contribution in [2.75, 3.05) is 18.5 Å². The molecule has 11 heteroatoms. The number of fused-ring (bicyclic) bond motifs is 1. The fourth-order valence-electron chi connectivity index (χ4n) is 3.09. The van der Waals surface area contributed by atoms with Crippen molar-refractivity contribution in [1.29, 1.82) is 0 Å². The summed E-state index contributed by atoms with van der Waals surface area (Å²) in [5.41, 5.74) is 0.582. The molecule has 0 spiro atoms. The zero-order chi connectivity index (χ0) is 19.1. The summed E-state index contributed by atoms with van der Waals surface area (Å²) in [4.78, 5) is 36.1. The topological polar surface area (TPSA) is 133 Å². The number of urea groups is 1. The van der Waals surface area contributed by atoms with Crippen LogP contribution in [0.25, 0.3) is 0 Å². The molecule has 0 bridgehead atoms. The number of ether oxygens (including phenoxy) is 1. The molecule has 2 saturated heterocycles. The normalized spacial score (nSPS) is 21.8. The van der Waals surface area contributed by atoms with Crippen LogP contribution in [0.2, 0.25) is 0 Å². The zero-order valence-electron chi connectivity index (χ0n) is 13.8. The molecule has 26 heavy (non-hydrogen) atoms. The van der Waals surface area contributed by atoms with Crippen LogP contribution in [0.15, 0.2) is 24.3 Å². The Morgan fingerprint density at radius 3 is 2.77 bits per heavy atom. The van der Waals surface area contributed by atoms with Crippen molar-refractivity contribution in [3.8, 4) is 0 Å². The molecular formula is C15H17N3O7S. The summed E-state index contributed by atoms with van der Waals surface area (Å²) in [5.74, 6) is -1.37. The van der Waals surface area contributed by atoms with Gasteiger partial charge < -0.3 is 10.1 Å². The molecule has 2 aliphatic rings. The Morgan fingerprint density at radius 1 is 1.38 bits per heavy atom. The number of esters is 1. The highest BCUT2D eigenvalue weighted by molar-refractivity contribution is 7.87. The first-order valence-electron chi connectivity index (χ1n) is 7.89. The molecule has 2 aliphatic heterocycles. The van der Waals surface area contributed by atoms with Gasteiger partial charge in [0.2, 0.25) is 0 Å². The van der Waals surface area contributed by atoms with E-state index in [4.69, 9.17) is 9.29 Å². The Hall–Kier alpha value is -2.66. The number of hydrogen-bond donors (Lipinski definition) is 2. The van der Waals surface area contributed by atoms with Crippen LogP contribution in [-0.2, 0) is 19.6 Å². The van der Waals surface area contributed by atoms with E-state index in [1.165, 1.54) is 12.1 Å². The molecule has 0 aliphatic carbocycles. The van der Waals surface area contributed by atoms with Crippen molar-refractivity contribution in [2.45, 2.75) is 24.6 Å². The Morgan fingerprint density at radius 2 is 2.12 bits per heavy atom. The third kappa shape index (κ3) is 3.10. The first kappa shape index (κ1) is 18.1. The van der Waals surface area contributed by atoms with E-state index in [9.17, 15) is 22.8 Å². The molecule has 2 fully saturated rings. The number of nitrogens with zero attached hydrogens (tertiary/aromatic N) is 2. The summed E-state index contributed by atoms with van der Waals surface area (Å²) in [6.07, 6.45) is 0.243. The van der Waals surface area contributed by atoms with E-state index in [2.05, 4.69) is 5.32 Å². The maximum Gasteiger partial charge on any atom is 0.340 e. The predicted octanol–water partition coefficient (Wildman–Crippen LogP) is 0.483. The summed E-state index contributed by atoms with van der Waals surface area (Å²) in [6.45, 7) is 2.03. The van der Waals surface area contributed by atoms with Gasteiger partial charge in [0.15, 0.2) is 5.25 Å². The van der Waals surface area contributed by atoms with Crippen LogP contribution >= 0.6 is 0 Å². The van der Waals surface area contributed by atoms with E-state index in [1.54, 1.807) is 19.1 Å². The number of rotatable bonds is 4. The molecule has 2 heterocycles. The van der Waals surface area contributed by atoms with Crippen LogP contribution in [0.5, 0.6) is 0 Å². The lowest BCUT2D eigenvalue weighted by Gasteiger charge is -2.43. The number of amides is 3. The summed E-state index contributed by atoms with van der Waals surface area (Å²) in [7, 11) is -4.50. The highest BCUT2D eigenvalue weighted by Gasteiger charge is 2.60. The lowest BCUT2D eigenvalue weighted by molar-refractivity contribution is -0.156. The number of hydrogen-bond acceptors (Lipinski definition) is 6. The number of hydrazine groups is 1. The van der Waals surface area contributed by atoms with Crippen LogP contribution in [-0.4, -0.2) is 65.3 Å². The van der Waals surface area contributed by atoms with Crippen molar-refractivity contribution in [3.05, 3.63) is 29.8 Å². The predicted molar refractivity (Wildman–Crippen MR) is 88.7 cm³/mol. The zero-order valence-corrected chi connectivity index (χ0v) is 14.6. The number of carbonyl (C=O) groups excluding carboxylic acids is 3. The molecule has 1 aromatic carbocycles. The van der Waals surface area contributed by atoms with Crippen LogP contribution < -0.4 is 5.32 Å². The third-order valence-corrected chi connectivity index (χ3v) is 5.37. The molecule has 2 N–H and O–H groups in total. The number of β-lactam (4-membered cyclic amide) rings is 1. The molecule has 10 nitrogen and oxygen atoms in total. The van der Waals surface area contributed by atoms with Crippen LogP contribution in [0.3, 0.4) is 0 Å². The van der Waals surface area contributed by atoms with Gasteiger partial charge in [-0.2, -0.15) is 8.42 Å². The smallest absolute Gasteiger partial charge is 0.340 e. The second-order valence-electron chi connectivity index (χ2n) is 5.83. The van der Waals surface area contributed by atoms with E-state index in [1.807, 2.05) is 0 Å². The van der Waals surface area contributed by atoms with Crippen LogP contribution in [0.1, 0.15) is 23.7 Å². The Balaban J connectivity index is 1.70. The van der Waals surface area contributed by atoms with Gasteiger partial charge in [-0.15, -0.1) is 0 Å². The van der Waals surface area contributed by atoms with E-state index in [0.717, 1.165) is 10.0 Å². The standard InChI is InChI=1S/C15H17N3O7S/c1-2-25-14(20)9-4-3-5-10(8-9)16-15(21)17-7-6-11-12(26(22,23)24)13(19)18(11)17/h3-5,8,11-12H,2,6-7H2,1H3,(H,16,21)(H,22,23,24)/t11-,12?/m1/s1. The third-order valence-electron chi connectivity index (χ3n) is 4.21. The number of anilines is 1. The van der Waals surface area contributed by atoms with Crippen LogP contribution in [0, 0.1) is 0 Å². The molecule has 1 aromatic rings. The first-order valence-corrected chi connectivity index (χ1v) is 9.39. The summed E-state index contributed by atoms with van der Waals surface area (Å²) < 4.78 is 36.5. The van der Waals surface area contributed by atoms with Gasteiger partial charge in [0.1, 0.15) is 0 Å². The molecule has 2 atom stereocenters. The maximum atomic E-state index is 12.4.